The third-order valence-corrected chi connectivity index (χ3v) is 2.44. The summed E-state index contributed by atoms with van der Waals surface area (Å²) in [5.74, 6) is 0.136. The van der Waals surface area contributed by atoms with Crippen molar-refractivity contribution < 1.29 is 5.11 Å². The van der Waals surface area contributed by atoms with Crippen LogP contribution in [0.4, 0.5) is 0 Å². The molecule has 0 amide bonds. The number of hydrogen-bond acceptors (Lipinski definition) is 2. The van der Waals surface area contributed by atoms with Gasteiger partial charge in [-0.05, 0) is 28.1 Å². The Balaban J connectivity index is 3.12. The predicted octanol–water partition coefficient (Wildman–Crippen LogP) is 2.64. The quantitative estimate of drug-likeness (QED) is 0.819. The molecule has 70 valence electrons. The van der Waals surface area contributed by atoms with Crippen LogP contribution in [0.5, 0.6) is 5.75 Å². The minimum atomic E-state index is 0.136. The number of benzene rings is 1. The number of rotatable bonds is 2. The first kappa shape index (κ1) is 10.8. The van der Waals surface area contributed by atoms with Gasteiger partial charge in [-0.15, -0.1) is 0 Å². The van der Waals surface area contributed by atoms with E-state index in [-0.39, 0.29) is 5.75 Å². The molecule has 0 saturated heterocycles. The van der Waals surface area contributed by atoms with E-state index >= 15 is 0 Å². The van der Waals surface area contributed by atoms with Gasteiger partial charge in [0.2, 0.25) is 0 Å². The van der Waals surface area contributed by atoms with Crippen molar-refractivity contribution in [3.8, 4) is 5.75 Å². The minimum Gasteiger partial charge on any atom is -0.506 e. The third-order valence-electron chi connectivity index (χ3n) is 1.47. The molecule has 0 fully saturated rings. The molecule has 0 radical (unpaired) electrons. The molecule has 3 N–H and O–H groups in total. The smallest absolute Gasteiger partial charge is 0.133 e. The molecule has 13 heavy (non-hydrogen) atoms. The van der Waals surface area contributed by atoms with E-state index in [9.17, 15) is 5.11 Å². The highest BCUT2D eigenvalue weighted by molar-refractivity contribution is 9.10. The normalized spacial score (nSPS) is 10.0. The summed E-state index contributed by atoms with van der Waals surface area (Å²) in [5.41, 5.74) is 5.99. The Morgan fingerprint density at radius 2 is 2.23 bits per heavy atom. The van der Waals surface area contributed by atoms with Gasteiger partial charge >= 0.3 is 0 Å². The molecule has 2 nitrogen and oxygen atoms in total. The second-order valence-corrected chi connectivity index (χ2v) is 4.35. The molecule has 1 aromatic rings. The summed E-state index contributed by atoms with van der Waals surface area (Å²) in [6.45, 7) is 0. The van der Waals surface area contributed by atoms with E-state index in [1.165, 1.54) is 0 Å². The van der Waals surface area contributed by atoms with E-state index in [0.717, 1.165) is 0 Å². The lowest BCUT2D eigenvalue weighted by Gasteiger charge is -2.05. The van der Waals surface area contributed by atoms with Crippen molar-refractivity contribution in [1.82, 2.24) is 0 Å². The van der Waals surface area contributed by atoms with Crippen molar-refractivity contribution in [2.75, 3.05) is 0 Å². The molecule has 0 saturated carbocycles. The second kappa shape index (κ2) is 4.26. The number of phenols is 1. The molecule has 0 aromatic heterocycles. The molecule has 0 heterocycles. The maximum absolute atomic E-state index is 9.55. The van der Waals surface area contributed by atoms with E-state index in [1.54, 1.807) is 12.1 Å². The molecule has 0 aliphatic heterocycles. The highest BCUT2D eigenvalue weighted by atomic mass is 79.9. The number of nitrogens with two attached hydrogens (primary N) is 1. The van der Waals surface area contributed by atoms with Crippen LogP contribution in [0.2, 0.25) is 5.02 Å². The highest BCUT2D eigenvalue weighted by Gasteiger charge is 2.07. The van der Waals surface area contributed by atoms with Crippen molar-refractivity contribution >= 4 is 44.7 Å². The van der Waals surface area contributed by atoms with Crippen LogP contribution in [-0.4, -0.2) is 10.1 Å². The first-order valence-electron chi connectivity index (χ1n) is 3.46. The van der Waals surface area contributed by atoms with Crippen LogP contribution in [0.25, 0.3) is 0 Å². The Morgan fingerprint density at radius 3 is 2.77 bits per heavy atom. The van der Waals surface area contributed by atoms with Crippen molar-refractivity contribution in [1.29, 1.82) is 0 Å². The molecule has 1 rings (SSSR count). The number of aromatic hydroxyl groups is 1. The summed E-state index contributed by atoms with van der Waals surface area (Å²) in [6, 6.07) is 3.25. The highest BCUT2D eigenvalue weighted by Crippen LogP contribution is 2.31. The van der Waals surface area contributed by atoms with Gasteiger partial charge in [0.05, 0.1) is 9.46 Å². The first-order valence-corrected chi connectivity index (χ1v) is 5.04. The van der Waals surface area contributed by atoms with Crippen LogP contribution in [0.3, 0.4) is 0 Å². The molecule has 5 heteroatoms. The van der Waals surface area contributed by atoms with Gasteiger partial charge in [0, 0.05) is 17.0 Å². The zero-order chi connectivity index (χ0) is 10.0. The lowest BCUT2D eigenvalue weighted by molar-refractivity contribution is 0.467. The Labute approximate surface area is 94.8 Å². The largest absolute Gasteiger partial charge is 0.506 e. The molecule has 0 atom stereocenters. The number of halogens is 2. The van der Waals surface area contributed by atoms with E-state index in [0.29, 0.717) is 26.5 Å². The topological polar surface area (TPSA) is 46.2 Å². The third kappa shape index (κ3) is 2.83. The Morgan fingerprint density at radius 1 is 1.62 bits per heavy atom. The maximum atomic E-state index is 9.55. The van der Waals surface area contributed by atoms with Crippen molar-refractivity contribution in [2.24, 2.45) is 5.73 Å². The minimum absolute atomic E-state index is 0.136. The van der Waals surface area contributed by atoms with Gasteiger partial charge in [-0.25, -0.2) is 0 Å². The van der Waals surface area contributed by atoms with Crippen LogP contribution in [-0.2, 0) is 6.42 Å². The monoisotopic (exact) mass is 279 g/mol. The molecular weight excluding hydrogens is 274 g/mol. The molecule has 0 bridgehead atoms. The summed E-state index contributed by atoms with van der Waals surface area (Å²) in [6.07, 6.45) is 0.348. The van der Waals surface area contributed by atoms with Crippen molar-refractivity contribution in [2.45, 2.75) is 6.42 Å². The van der Waals surface area contributed by atoms with Gasteiger partial charge in [-0.3, -0.25) is 0 Å². The van der Waals surface area contributed by atoms with E-state index in [1.807, 2.05) is 0 Å². The van der Waals surface area contributed by atoms with Crippen molar-refractivity contribution in [3.63, 3.8) is 0 Å². The second-order valence-electron chi connectivity index (χ2n) is 2.54. The lowest BCUT2D eigenvalue weighted by atomic mass is 10.1. The van der Waals surface area contributed by atoms with E-state index in [4.69, 9.17) is 29.6 Å². The van der Waals surface area contributed by atoms with E-state index < -0.39 is 0 Å². The average Bonchev–Trinajstić information content (AvgIpc) is 1.98. The number of phenolic OH excluding ortho intramolecular Hbond substituents is 1. The Kier molecular flexibility index (Phi) is 3.53. The van der Waals surface area contributed by atoms with Crippen molar-refractivity contribution in [3.05, 3.63) is 27.2 Å². The fraction of sp³-hybridized carbons (Fsp3) is 0.125. The Hall–Kier alpha value is -0.320. The summed E-state index contributed by atoms with van der Waals surface area (Å²) in [5, 5.41) is 10.1. The van der Waals surface area contributed by atoms with Crippen LogP contribution in [0.1, 0.15) is 5.56 Å². The Bertz CT molecular complexity index is 356. The summed E-state index contributed by atoms with van der Waals surface area (Å²) in [7, 11) is 0. The van der Waals surface area contributed by atoms with Crippen LogP contribution in [0, 0.1) is 0 Å². The van der Waals surface area contributed by atoms with Gasteiger partial charge in [-0.2, -0.15) is 0 Å². The molecule has 1 aromatic carbocycles. The SMILES string of the molecule is NC(=S)Cc1cc(Cl)cc(Br)c1O. The zero-order valence-corrected chi connectivity index (χ0v) is 9.71. The fourth-order valence-corrected chi connectivity index (χ4v) is 1.97. The van der Waals surface area contributed by atoms with Crippen LogP contribution in [0.15, 0.2) is 16.6 Å². The zero-order valence-electron chi connectivity index (χ0n) is 6.55. The van der Waals surface area contributed by atoms with Gasteiger partial charge in [-0.1, -0.05) is 23.8 Å². The molecule has 0 aliphatic rings. The summed E-state index contributed by atoms with van der Waals surface area (Å²) in [4.78, 5) is 0.324. The average molecular weight is 281 g/mol. The van der Waals surface area contributed by atoms with Gasteiger partial charge in [0.15, 0.2) is 0 Å². The first-order chi connectivity index (χ1) is 6.00. The predicted molar refractivity (Wildman–Crippen MR) is 61.3 cm³/mol. The fourth-order valence-electron chi connectivity index (χ4n) is 0.942. The number of thiocarbonyl (C=S) groups is 1. The van der Waals surface area contributed by atoms with Crippen LogP contribution < -0.4 is 5.73 Å². The van der Waals surface area contributed by atoms with Gasteiger partial charge in [0.1, 0.15) is 5.75 Å². The summed E-state index contributed by atoms with van der Waals surface area (Å²) < 4.78 is 0.547. The molecule has 0 aliphatic carbocycles. The lowest BCUT2D eigenvalue weighted by Crippen LogP contribution is -2.11. The van der Waals surface area contributed by atoms with Gasteiger partial charge in [0.25, 0.3) is 0 Å². The molecule has 0 spiro atoms. The summed E-state index contributed by atoms with van der Waals surface area (Å²) >= 11 is 13.7. The van der Waals surface area contributed by atoms with E-state index in [2.05, 4.69) is 15.9 Å². The molecule has 0 unspecified atom stereocenters. The standard InChI is InChI=1S/C8H7BrClNOS/c9-6-3-5(10)1-4(8(6)12)2-7(11)13/h1,3,12H,2H2,(H2,11,13). The van der Waals surface area contributed by atoms with Crippen LogP contribution >= 0.6 is 39.7 Å². The molecular formula is C8H7BrClNOS. The van der Waals surface area contributed by atoms with Gasteiger partial charge < -0.3 is 10.8 Å². The maximum Gasteiger partial charge on any atom is 0.133 e. The number of hydrogen-bond donors (Lipinski definition) is 2.